The van der Waals surface area contributed by atoms with Crippen molar-refractivity contribution in [3.05, 3.63) is 58.1 Å². The first kappa shape index (κ1) is 20.0. The molecule has 1 unspecified atom stereocenters. The highest BCUT2D eigenvalue weighted by atomic mass is 16.6. The fourth-order valence-corrected chi connectivity index (χ4v) is 2.66. The first-order valence-electron chi connectivity index (χ1n) is 8.21. The highest BCUT2D eigenvalue weighted by Crippen LogP contribution is 2.39. The summed E-state index contributed by atoms with van der Waals surface area (Å²) >= 11 is 0. The number of carboxylic acid groups (broad SMARTS) is 1. The van der Waals surface area contributed by atoms with Gasteiger partial charge in [0.1, 0.15) is 17.2 Å². The third kappa shape index (κ3) is 5.10. The van der Waals surface area contributed by atoms with E-state index in [9.17, 15) is 14.9 Å². The van der Waals surface area contributed by atoms with Crippen LogP contribution in [0, 0.1) is 15.5 Å². The lowest BCUT2D eigenvalue weighted by molar-refractivity contribution is -0.386. The zero-order chi connectivity index (χ0) is 20.2. The molecule has 2 N–H and O–H groups in total. The number of amides is 1. The molecule has 0 heterocycles. The van der Waals surface area contributed by atoms with Gasteiger partial charge in [-0.05, 0) is 41.8 Å². The molecule has 0 aliphatic heterocycles. The molecule has 2 aromatic carbocycles. The summed E-state index contributed by atoms with van der Waals surface area (Å²) in [7, 11) is 1.56. The SMILES string of the molecule is COc1ccc(Oc2ccc([N+](=O)[O-])c(C(NC(=O)O)C(C)(C)C)c2)cc1. The molecule has 2 aromatic rings. The lowest BCUT2D eigenvalue weighted by Crippen LogP contribution is -2.36. The minimum absolute atomic E-state index is 0.175. The predicted octanol–water partition coefficient (Wildman–Crippen LogP) is 4.75. The van der Waals surface area contributed by atoms with Crippen molar-refractivity contribution in [2.75, 3.05) is 7.11 Å². The minimum Gasteiger partial charge on any atom is -0.497 e. The van der Waals surface area contributed by atoms with Crippen molar-refractivity contribution in [1.29, 1.82) is 0 Å². The second-order valence-corrected chi connectivity index (χ2v) is 7.00. The Bertz CT molecular complexity index is 827. The molecule has 27 heavy (non-hydrogen) atoms. The lowest BCUT2D eigenvalue weighted by atomic mass is 9.81. The molecule has 0 aliphatic carbocycles. The van der Waals surface area contributed by atoms with Crippen molar-refractivity contribution in [3.8, 4) is 17.2 Å². The molecule has 144 valence electrons. The predicted molar refractivity (Wildman–Crippen MR) is 99.5 cm³/mol. The third-order valence-corrected chi connectivity index (χ3v) is 3.94. The molecule has 0 saturated heterocycles. The van der Waals surface area contributed by atoms with Gasteiger partial charge in [-0.3, -0.25) is 10.1 Å². The molecule has 0 aliphatic rings. The maximum Gasteiger partial charge on any atom is 0.405 e. The van der Waals surface area contributed by atoms with Crippen LogP contribution in [0.3, 0.4) is 0 Å². The van der Waals surface area contributed by atoms with E-state index in [1.54, 1.807) is 52.1 Å². The van der Waals surface area contributed by atoms with E-state index < -0.39 is 22.5 Å². The summed E-state index contributed by atoms with van der Waals surface area (Å²) in [6, 6.07) is 10.4. The molecule has 0 saturated carbocycles. The maximum absolute atomic E-state index is 11.5. The van der Waals surface area contributed by atoms with Crippen LogP contribution in [0.1, 0.15) is 32.4 Å². The van der Waals surface area contributed by atoms with Crippen LogP contribution in [0.15, 0.2) is 42.5 Å². The molecular weight excluding hydrogens is 352 g/mol. The average Bonchev–Trinajstić information content (AvgIpc) is 2.59. The van der Waals surface area contributed by atoms with E-state index in [4.69, 9.17) is 14.6 Å². The maximum atomic E-state index is 11.5. The number of nitrogens with zero attached hydrogens (tertiary/aromatic N) is 1. The van der Waals surface area contributed by atoms with E-state index in [-0.39, 0.29) is 11.3 Å². The van der Waals surface area contributed by atoms with E-state index in [0.717, 1.165) is 0 Å². The Labute approximate surface area is 156 Å². The standard InChI is InChI=1S/C19H22N2O6/c1-19(2,3)17(20-18(22)23)15-11-14(9-10-16(15)21(24)25)27-13-7-5-12(26-4)6-8-13/h5-11,17,20H,1-4H3,(H,22,23). The van der Waals surface area contributed by atoms with Crippen molar-refractivity contribution < 1.29 is 24.3 Å². The number of hydrogen-bond acceptors (Lipinski definition) is 5. The summed E-state index contributed by atoms with van der Waals surface area (Å²) < 4.78 is 10.9. The second kappa shape index (κ2) is 7.94. The van der Waals surface area contributed by atoms with Crippen molar-refractivity contribution >= 4 is 11.8 Å². The van der Waals surface area contributed by atoms with Crippen LogP contribution in [0.5, 0.6) is 17.2 Å². The van der Waals surface area contributed by atoms with Crippen LogP contribution in [0.25, 0.3) is 0 Å². The molecule has 0 aromatic heterocycles. The van der Waals surface area contributed by atoms with E-state index >= 15 is 0 Å². The van der Waals surface area contributed by atoms with Crippen molar-refractivity contribution in [2.24, 2.45) is 5.41 Å². The first-order valence-corrected chi connectivity index (χ1v) is 8.21. The smallest absolute Gasteiger partial charge is 0.405 e. The number of ether oxygens (including phenoxy) is 2. The van der Waals surface area contributed by atoms with E-state index in [2.05, 4.69) is 5.32 Å². The Balaban J connectivity index is 2.45. The summed E-state index contributed by atoms with van der Waals surface area (Å²) in [6.45, 7) is 5.40. The number of hydrogen-bond donors (Lipinski definition) is 2. The number of nitro groups is 1. The summed E-state index contributed by atoms with van der Waals surface area (Å²) in [5, 5.41) is 23.0. The van der Waals surface area contributed by atoms with Crippen LogP contribution >= 0.6 is 0 Å². The second-order valence-electron chi connectivity index (χ2n) is 7.00. The Kier molecular flexibility index (Phi) is 5.89. The van der Waals surface area contributed by atoms with Gasteiger partial charge in [0, 0.05) is 6.07 Å². The van der Waals surface area contributed by atoms with Crippen LogP contribution < -0.4 is 14.8 Å². The van der Waals surface area contributed by atoms with Gasteiger partial charge in [0.15, 0.2) is 0 Å². The van der Waals surface area contributed by atoms with E-state index in [1.807, 2.05) is 0 Å². The lowest BCUT2D eigenvalue weighted by Gasteiger charge is -2.30. The average molecular weight is 374 g/mol. The Morgan fingerprint density at radius 2 is 1.67 bits per heavy atom. The molecule has 0 fully saturated rings. The summed E-state index contributed by atoms with van der Waals surface area (Å²) in [5.41, 5.74) is -0.534. The summed E-state index contributed by atoms with van der Waals surface area (Å²) in [6.07, 6.45) is -1.26. The molecule has 0 bridgehead atoms. The van der Waals surface area contributed by atoms with Gasteiger partial charge in [-0.2, -0.15) is 0 Å². The molecule has 2 rings (SSSR count). The summed E-state index contributed by atoms with van der Waals surface area (Å²) in [4.78, 5) is 22.1. The first-order chi connectivity index (χ1) is 12.6. The van der Waals surface area contributed by atoms with Crippen LogP contribution in [-0.2, 0) is 0 Å². The van der Waals surface area contributed by atoms with Gasteiger partial charge in [0.2, 0.25) is 0 Å². The van der Waals surface area contributed by atoms with Gasteiger partial charge in [-0.25, -0.2) is 4.79 Å². The van der Waals surface area contributed by atoms with Crippen molar-refractivity contribution in [3.63, 3.8) is 0 Å². The van der Waals surface area contributed by atoms with Gasteiger partial charge >= 0.3 is 6.09 Å². The van der Waals surface area contributed by atoms with Crippen LogP contribution in [0.4, 0.5) is 10.5 Å². The molecular formula is C19H22N2O6. The van der Waals surface area contributed by atoms with Crippen LogP contribution in [0.2, 0.25) is 0 Å². The highest BCUT2D eigenvalue weighted by molar-refractivity contribution is 5.66. The fraction of sp³-hybridized carbons (Fsp3) is 0.316. The normalized spacial score (nSPS) is 12.1. The van der Waals surface area contributed by atoms with E-state index in [0.29, 0.717) is 17.2 Å². The Hall–Kier alpha value is -3.29. The highest BCUT2D eigenvalue weighted by Gasteiger charge is 2.33. The summed E-state index contributed by atoms with van der Waals surface area (Å²) in [5.74, 6) is 1.56. The molecule has 1 amide bonds. The molecule has 8 nitrogen and oxygen atoms in total. The number of nitrogens with one attached hydrogen (secondary N) is 1. The molecule has 0 spiro atoms. The monoisotopic (exact) mass is 374 g/mol. The van der Waals surface area contributed by atoms with Crippen molar-refractivity contribution in [2.45, 2.75) is 26.8 Å². The van der Waals surface area contributed by atoms with Gasteiger partial charge in [0.25, 0.3) is 5.69 Å². The molecule has 1 atom stereocenters. The quantitative estimate of drug-likeness (QED) is 0.557. The number of methoxy groups -OCH3 is 1. The third-order valence-electron chi connectivity index (χ3n) is 3.94. The fourth-order valence-electron chi connectivity index (χ4n) is 2.66. The number of carbonyl (C=O) groups is 1. The number of nitro benzene ring substituents is 1. The topological polar surface area (TPSA) is 111 Å². The van der Waals surface area contributed by atoms with Crippen molar-refractivity contribution in [1.82, 2.24) is 5.32 Å². The van der Waals surface area contributed by atoms with Gasteiger partial charge < -0.3 is 19.9 Å². The number of rotatable bonds is 6. The zero-order valence-electron chi connectivity index (χ0n) is 15.6. The van der Waals surface area contributed by atoms with E-state index in [1.165, 1.54) is 18.2 Å². The zero-order valence-corrected chi connectivity index (χ0v) is 15.6. The number of benzene rings is 2. The molecule has 0 radical (unpaired) electrons. The van der Waals surface area contributed by atoms with Crippen LogP contribution in [-0.4, -0.2) is 23.2 Å². The molecule has 8 heteroatoms. The minimum atomic E-state index is -1.26. The Morgan fingerprint density at radius 3 is 2.15 bits per heavy atom. The Morgan fingerprint density at radius 1 is 1.11 bits per heavy atom. The van der Waals surface area contributed by atoms with Gasteiger partial charge in [-0.1, -0.05) is 20.8 Å². The van der Waals surface area contributed by atoms with Gasteiger partial charge in [0.05, 0.1) is 23.6 Å². The van der Waals surface area contributed by atoms with Gasteiger partial charge in [-0.15, -0.1) is 0 Å². The largest absolute Gasteiger partial charge is 0.497 e.